The average molecular weight is 1970 g/mol. The molecule has 0 aliphatic carbocycles. The number of piperidine rings is 2. The number of ether oxygens (including phenoxy) is 1. The van der Waals surface area contributed by atoms with Crippen molar-refractivity contribution in [1.82, 2.24) is 49.1 Å². The molecule has 0 bridgehead atoms. The van der Waals surface area contributed by atoms with Crippen LogP contribution in [-0.2, 0) is 48.8 Å². The van der Waals surface area contributed by atoms with Crippen LogP contribution in [0.25, 0.3) is 0 Å². The van der Waals surface area contributed by atoms with E-state index in [9.17, 15) is 45.6 Å². The molecule has 4 heterocycles. The first-order valence-corrected chi connectivity index (χ1v) is 52.4. The largest absolute Gasteiger partial charge is 0.495 e. The van der Waals surface area contributed by atoms with Crippen LogP contribution in [0.1, 0.15) is 205 Å². The summed E-state index contributed by atoms with van der Waals surface area (Å²) in [5.74, 6) is 1.39. The minimum absolute atomic E-state index is 0.00404. The molecule has 0 radical (unpaired) electrons. The molecule has 4 saturated heterocycles. The second-order valence-electron chi connectivity index (χ2n) is 37.6. The summed E-state index contributed by atoms with van der Waals surface area (Å²) in [7, 11) is 1.41. The summed E-state index contributed by atoms with van der Waals surface area (Å²) in [4.78, 5) is 86.9. The second-order valence-corrected chi connectivity index (χ2v) is 44.1. The normalized spacial score (nSPS) is 17.0. The molecule has 6 aromatic carbocycles. The van der Waals surface area contributed by atoms with Crippen LogP contribution < -0.4 is 20.7 Å². The van der Waals surface area contributed by atoms with E-state index in [2.05, 4.69) is 75.2 Å². The van der Waals surface area contributed by atoms with Gasteiger partial charge < -0.3 is 35.4 Å². The zero-order valence-electron chi connectivity index (χ0n) is 81.8. The van der Waals surface area contributed by atoms with Gasteiger partial charge in [-0.15, -0.1) is 0 Å². The van der Waals surface area contributed by atoms with Crippen LogP contribution in [0.4, 0.5) is 0 Å². The lowest BCUT2D eigenvalue weighted by Gasteiger charge is -2.35. The van der Waals surface area contributed by atoms with Crippen molar-refractivity contribution >= 4 is 124 Å². The SMILES string of the molecule is CC(C)C(=O)[C@@H](CN1CCN(S(C)(=O)=O)CC1)c1ccc(Cl)cc1.CC(C)C(=O)[C@H](CN(C)C(C)C)c1ccc(Cl)cc1.CC(C)C(=O)[C@H](CN1CCN(S(C)(=O)=O)CC1)c1ccc(Cl)cc1.CNC1CCN(C[C@@H](C(=O)C(C)C)c2ccc(Cl)cc2)CC1.CNC1CCN(C[C@H](C(=O)C(C)C)c2ccc(Cl)cc2)CC1.COc1cc([C@@H](CNC(C)C)C(=O)C(C)C)ccc1Cl. The first-order chi connectivity index (χ1) is 61.6. The maximum atomic E-state index is 12.7. The van der Waals surface area contributed by atoms with Gasteiger partial charge in [0, 0.05) is 176 Å². The highest BCUT2D eigenvalue weighted by Gasteiger charge is 2.35. The number of carbonyl (C=O) groups excluding carboxylic acids is 6. The third-order valence-corrected chi connectivity index (χ3v) is 29.0. The predicted octanol–water partition coefficient (Wildman–Crippen LogP) is 18.8. The highest BCUT2D eigenvalue weighted by molar-refractivity contribution is 7.88. The molecule has 0 saturated carbocycles. The molecule has 6 atom stereocenters. The number of rotatable bonds is 37. The number of hydrogen-bond donors (Lipinski definition) is 3. The van der Waals surface area contributed by atoms with Crippen molar-refractivity contribution in [3.63, 3.8) is 0 Å². The van der Waals surface area contributed by atoms with Gasteiger partial charge in [-0.3, -0.25) is 38.6 Å². The molecule has 4 aliphatic heterocycles. The molecule has 0 amide bonds. The van der Waals surface area contributed by atoms with Crippen molar-refractivity contribution < 1.29 is 50.3 Å². The van der Waals surface area contributed by atoms with Crippen LogP contribution in [0.5, 0.6) is 5.75 Å². The molecule has 6 aromatic rings. The molecule has 29 heteroatoms. The number of benzene rings is 6. The Bertz CT molecular complexity index is 4460. The van der Waals surface area contributed by atoms with Gasteiger partial charge in [0.05, 0.1) is 60.2 Å². The Morgan fingerprint density at radius 2 is 0.595 bits per heavy atom. The molecule has 131 heavy (non-hydrogen) atoms. The van der Waals surface area contributed by atoms with E-state index in [1.807, 2.05) is 206 Å². The van der Waals surface area contributed by atoms with Gasteiger partial charge >= 0.3 is 0 Å². The van der Waals surface area contributed by atoms with E-state index in [0.717, 1.165) is 105 Å². The molecular weight excluding hydrogens is 1820 g/mol. The quantitative estimate of drug-likeness (QED) is 0.0328. The monoisotopic (exact) mass is 1970 g/mol. The van der Waals surface area contributed by atoms with Crippen molar-refractivity contribution in [3.8, 4) is 5.75 Å². The summed E-state index contributed by atoms with van der Waals surface area (Å²) >= 11 is 35.8. The fourth-order valence-corrected chi connectivity index (χ4v) is 18.6. The van der Waals surface area contributed by atoms with Gasteiger partial charge in [0.2, 0.25) is 20.0 Å². The maximum absolute atomic E-state index is 12.7. The summed E-state index contributed by atoms with van der Waals surface area (Å²) in [6.45, 7) is 44.7. The Kier molecular flexibility index (Phi) is 50.9. The zero-order chi connectivity index (χ0) is 97.9. The molecule has 0 spiro atoms. The van der Waals surface area contributed by atoms with E-state index >= 15 is 0 Å². The number of halogens is 6. The van der Waals surface area contributed by atoms with Gasteiger partial charge in [-0.25, -0.2) is 16.8 Å². The fraction of sp³-hybridized carbons (Fsp3) is 0.588. The van der Waals surface area contributed by atoms with Gasteiger partial charge in [0.15, 0.2) is 0 Å². The molecule has 21 nitrogen and oxygen atoms in total. The Balaban J connectivity index is 0.000000279. The van der Waals surface area contributed by atoms with E-state index < -0.39 is 20.0 Å². The Labute approximate surface area is 816 Å². The van der Waals surface area contributed by atoms with Crippen LogP contribution in [-0.4, -0.2) is 267 Å². The topological polar surface area (TPSA) is 239 Å². The van der Waals surface area contributed by atoms with E-state index in [-0.39, 0.29) is 94.1 Å². The standard InChI is InChI=1S/2C18H27ClN2O.2C17H25ClN2O3S.C16H24ClNO2.C16H24ClNO/c2*1-13(2)18(22)17(14-4-6-15(19)7-5-14)12-21-10-8-16(20-3)9-11-21;2*1-13(2)17(21)16(14-4-6-15(18)7-5-14)12-19-8-10-20(11-9-19)24(3,22)23;1-10(2)16(19)13(9-18-11(3)4)12-6-7-14(17)15(8-12)20-5;1-11(2)16(19)15(10-18(5)12(3)4)13-6-8-14(17)9-7-13/h2*4-7,13,16-17,20H,8-12H2,1-3H3;2*4-7,13,16H,8-12H2,1-3H3;6-8,10-11,13,18H,9H2,1-5H3;6-9,11-12,15H,10H2,1-5H3/t2*17-;2*16-;13-;15-/m101011/s1. The molecule has 730 valence electrons. The van der Waals surface area contributed by atoms with E-state index in [1.165, 1.54) is 21.1 Å². The lowest BCUT2D eigenvalue weighted by molar-refractivity contribution is -0.124. The summed E-state index contributed by atoms with van der Waals surface area (Å²) in [6.07, 6.45) is 7.09. The predicted molar refractivity (Wildman–Crippen MR) is 544 cm³/mol. The van der Waals surface area contributed by atoms with Gasteiger partial charge in [-0.1, -0.05) is 233 Å². The third-order valence-electron chi connectivity index (χ3n) is 24.9. The van der Waals surface area contributed by atoms with Crippen LogP contribution in [0.15, 0.2) is 140 Å². The lowest BCUT2D eigenvalue weighted by Crippen LogP contribution is -2.49. The molecule has 0 aromatic heterocycles. The minimum atomic E-state index is -3.14. The minimum Gasteiger partial charge on any atom is -0.495 e. The number of piperazine rings is 2. The summed E-state index contributed by atoms with van der Waals surface area (Å²) < 4.78 is 54.6. The van der Waals surface area contributed by atoms with Crippen LogP contribution in [0.3, 0.4) is 0 Å². The van der Waals surface area contributed by atoms with Gasteiger partial charge in [-0.05, 0) is 193 Å². The van der Waals surface area contributed by atoms with E-state index in [4.69, 9.17) is 74.3 Å². The molecule has 10 rings (SSSR count). The first kappa shape index (κ1) is 116. The number of Topliss-reactive ketones (excluding diaryl/α,β-unsaturated/α-hetero) is 6. The molecule has 0 unspecified atom stereocenters. The Morgan fingerprint density at radius 1 is 0.359 bits per heavy atom. The maximum Gasteiger partial charge on any atom is 0.211 e. The van der Waals surface area contributed by atoms with E-state index in [0.29, 0.717) is 144 Å². The van der Waals surface area contributed by atoms with Crippen LogP contribution in [0.2, 0.25) is 30.1 Å². The summed E-state index contributed by atoms with van der Waals surface area (Å²) in [5, 5.41) is 14.0. The lowest BCUT2D eigenvalue weighted by atomic mass is 9.88. The number of methoxy groups -OCH3 is 1. The van der Waals surface area contributed by atoms with Gasteiger partial charge in [0.25, 0.3) is 0 Å². The fourth-order valence-electron chi connectivity index (χ4n) is 16.1. The highest BCUT2D eigenvalue weighted by atomic mass is 35.5. The van der Waals surface area contributed by atoms with Crippen LogP contribution in [0, 0.1) is 35.5 Å². The number of nitrogens with one attached hydrogen (secondary N) is 3. The number of carbonyl (C=O) groups is 6. The average Bonchev–Trinajstić information content (AvgIpc) is 0.851. The van der Waals surface area contributed by atoms with Gasteiger partial charge in [-0.2, -0.15) is 8.61 Å². The number of sulfonamides is 2. The Hall–Kier alpha value is -5.62. The van der Waals surface area contributed by atoms with Crippen molar-refractivity contribution in [2.45, 2.75) is 196 Å². The van der Waals surface area contributed by atoms with Gasteiger partial charge in [0.1, 0.15) is 40.4 Å². The number of ketones is 6. The van der Waals surface area contributed by atoms with Crippen molar-refractivity contribution in [3.05, 3.63) is 203 Å². The summed E-state index contributed by atoms with van der Waals surface area (Å²) in [6, 6.07) is 45.5. The van der Waals surface area contributed by atoms with Crippen LogP contribution >= 0.6 is 69.6 Å². The third kappa shape index (κ3) is 39.8. The highest BCUT2D eigenvalue weighted by Crippen LogP contribution is 2.34. The first-order valence-electron chi connectivity index (χ1n) is 46.5. The molecular formula is C102H152Cl6N10O11S2. The van der Waals surface area contributed by atoms with E-state index in [1.54, 1.807) is 37.4 Å². The number of likely N-dealkylation sites (tertiary alicyclic amines) is 2. The smallest absolute Gasteiger partial charge is 0.211 e. The number of nitrogens with zero attached hydrogens (tertiary/aromatic N) is 7. The second kappa shape index (κ2) is 57.6. The summed E-state index contributed by atoms with van der Waals surface area (Å²) in [5.41, 5.74) is 6.08. The van der Waals surface area contributed by atoms with Crippen molar-refractivity contribution in [2.24, 2.45) is 35.5 Å². The Morgan fingerprint density at radius 3 is 0.824 bits per heavy atom. The van der Waals surface area contributed by atoms with Crippen molar-refractivity contribution in [1.29, 1.82) is 0 Å². The number of likely N-dealkylation sites (N-methyl/N-ethyl adjacent to an activating group) is 1. The van der Waals surface area contributed by atoms with Crippen molar-refractivity contribution in [2.75, 3.05) is 159 Å². The molecule has 4 aliphatic rings. The molecule has 3 N–H and O–H groups in total. The number of hydrogen-bond acceptors (Lipinski definition) is 19. The molecule has 4 fully saturated rings. The zero-order valence-corrected chi connectivity index (χ0v) is 87.9.